The third-order valence-electron chi connectivity index (χ3n) is 5.21. The van der Waals surface area contributed by atoms with Crippen molar-refractivity contribution >= 4 is 0 Å². The summed E-state index contributed by atoms with van der Waals surface area (Å²) in [5.41, 5.74) is -0.695. The molecule has 4 rings (SSSR count). The van der Waals surface area contributed by atoms with Crippen LogP contribution in [0.25, 0.3) is 11.3 Å². The highest BCUT2D eigenvalue weighted by Gasteiger charge is 2.34. The van der Waals surface area contributed by atoms with Crippen LogP contribution in [0.1, 0.15) is 24.2 Å². The lowest BCUT2D eigenvalue weighted by atomic mass is 10.1. The molecule has 1 aromatic heterocycles. The van der Waals surface area contributed by atoms with E-state index in [1.165, 1.54) is 12.1 Å². The molecule has 3 aromatic rings. The molecule has 1 atom stereocenters. The number of aliphatic hydroxyl groups excluding tert-OH is 1. The van der Waals surface area contributed by atoms with Crippen LogP contribution >= 0.6 is 0 Å². The van der Waals surface area contributed by atoms with Crippen LogP contribution in [0.2, 0.25) is 0 Å². The number of rotatable bonds is 9. The molecule has 164 valence electrons. The molecule has 2 aromatic carbocycles. The summed E-state index contributed by atoms with van der Waals surface area (Å²) in [5.74, 6) is 1.44. The molecule has 1 fully saturated rings. The van der Waals surface area contributed by atoms with E-state index >= 15 is 0 Å². The highest BCUT2D eigenvalue weighted by atomic mass is 19.4. The van der Waals surface area contributed by atoms with E-state index in [1.54, 1.807) is 18.2 Å². The van der Waals surface area contributed by atoms with E-state index in [0.29, 0.717) is 30.6 Å². The Bertz CT molecular complexity index is 983. The maximum Gasteiger partial charge on any atom is 0.417 e. The molecule has 1 saturated carbocycles. The first-order valence-electron chi connectivity index (χ1n) is 10.3. The van der Waals surface area contributed by atoms with Crippen LogP contribution in [-0.2, 0) is 12.7 Å². The zero-order valence-electron chi connectivity index (χ0n) is 16.9. The number of ether oxygens (including phenoxy) is 1. The molecule has 0 saturated heterocycles. The second-order valence-corrected chi connectivity index (χ2v) is 7.75. The van der Waals surface area contributed by atoms with Crippen molar-refractivity contribution in [2.75, 3.05) is 13.2 Å². The van der Waals surface area contributed by atoms with E-state index in [-0.39, 0.29) is 17.9 Å². The number of benzene rings is 2. The summed E-state index contributed by atoms with van der Waals surface area (Å²) < 4.78 is 51.3. The second kappa shape index (κ2) is 9.16. The summed E-state index contributed by atoms with van der Waals surface area (Å²) in [6.45, 7) is 0.976. The predicted molar refractivity (Wildman–Crippen MR) is 111 cm³/mol. The lowest BCUT2D eigenvalue weighted by Crippen LogP contribution is -2.36. The van der Waals surface area contributed by atoms with Crippen LogP contribution in [0.3, 0.4) is 0 Å². The molecular formula is C24H24F3NO3. The maximum atomic E-state index is 13.3. The number of alkyl halides is 3. The topological polar surface area (TPSA) is 45.8 Å². The van der Waals surface area contributed by atoms with Crippen LogP contribution in [0.15, 0.2) is 71.1 Å². The Kier molecular flexibility index (Phi) is 6.34. The van der Waals surface area contributed by atoms with Crippen molar-refractivity contribution in [3.8, 4) is 17.1 Å². The Hall–Kier alpha value is -2.77. The van der Waals surface area contributed by atoms with Crippen molar-refractivity contribution in [1.82, 2.24) is 4.90 Å². The van der Waals surface area contributed by atoms with Crippen LogP contribution in [0.5, 0.6) is 5.75 Å². The summed E-state index contributed by atoms with van der Waals surface area (Å²) in [7, 11) is 0. The number of halogens is 3. The van der Waals surface area contributed by atoms with Gasteiger partial charge in [-0.2, -0.15) is 13.2 Å². The Labute approximate surface area is 178 Å². The van der Waals surface area contributed by atoms with Crippen molar-refractivity contribution in [2.24, 2.45) is 0 Å². The van der Waals surface area contributed by atoms with Gasteiger partial charge in [0, 0.05) is 18.2 Å². The number of aliphatic hydroxyl groups is 1. The van der Waals surface area contributed by atoms with Crippen molar-refractivity contribution in [3.05, 3.63) is 78.1 Å². The molecule has 4 nitrogen and oxygen atoms in total. The van der Waals surface area contributed by atoms with Crippen LogP contribution in [0.4, 0.5) is 13.2 Å². The average Bonchev–Trinajstić information content (AvgIpc) is 3.51. The molecule has 0 radical (unpaired) electrons. The highest BCUT2D eigenvalue weighted by Crippen LogP contribution is 2.38. The van der Waals surface area contributed by atoms with Gasteiger partial charge in [0.1, 0.15) is 30.0 Å². The Morgan fingerprint density at radius 2 is 1.71 bits per heavy atom. The monoisotopic (exact) mass is 431 g/mol. The van der Waals surface area contributed by atoms with Crippen molar-refractivity contribution in [3.63, 3.8) is 0 Å². The fourth-order valence-electron chi connectivity index (χ4n) is 3.57. The van der Waals surface area contributed by atoms with E-state index < -0.39 is 17.8 Å². The molecule has 1 N–H and O–H groups in total. The molecule has 1 unspecified atom stereocenters. The van der Waals surface area contributed by atoms with E-state index in [9.17, 15) is 18.3 Å². The van der Waals surface area contributed by atoms with Gasteiger partial charge in [-0.25, -0.2) is 0 Å². The minimum atomic E-state index is -4.45. The molecule has 1 aliphatic carbocycles. The second-order valence-electron chi connectivity index (χ2n) is 7.75. The number of nitrogens with zero attached hydrogens (tertiary/aromatic N) is 1. The highest BCUT2D eigenvalue weighted by molar-refractivity contribution is 5.63. The first-order valence-corrected chi connectivity index (χ1v) is 10.3. The van der Waals surface area contributed by atoms with Gasteiger partial charge >= 0.3 is 6.18 Å². The summed E-state index contributed by atoms with van der Waals surface area (Å²) in [6.07, 6.45) is -3.10. The molecule has 0 bridgehead atoms. The fourth-order valence-corrected chi connectivity index (χ4v) is 3.57. The molecule has 31 heavy (non-hydrogen) atoms. The summed E-state index contributed by atoms with van der Waals surface area (Å²) in [4.78, 5) is 2.09. The smallest absolute Gasteiger partial charge is 0.417 e. The zero-order valence-corrected chi connectivity index (χ0v) is 16.9. The Balaban J connectivity index is 1.40. The molecule has 7 heteroatoms. The lowest BCUT2D eigenvalue weighted by molar-refractivity contribution is -0.137. The Morgan fingerprint density at radius 3 is 2.42 bits per heavy atom. The lowest BCUT2D eigenvalue weighted by Gasteiger charge is -2.24. The minimum absolute atomic E-state index is 0.0236. The number of hydrogen-bond donors (Lipinski definition) is 1. The van der Waals surface area contributed by atoms with Gasteiger partial charge in [0.2, 0.25) is 0 Å². The summed E-state index contributed by atoms with van der Waals surface area (Å²) >= 11 is 0. The van der Waals surface area contributed by atoms with E-state index in [2.05, 4.69) is 4.90 Å². The Morgan fingerprint density at radius 1 is 1.00 bits per heavy atom. The van der Waals surface area contributed by atoms with Crippen LogP contribution < -0.4 is 4.74 Å². The average molecular weight is 431 g/mol. The van der Waals surface area contributed by atoms with Crippen molar-refractivity contribution in [1.29, 1.82) is 0 Å². The van der Waals surface area contributed by atoms with Crippen molar-refractivity contribution < 1.29 is 27.4 Å². The van der Waals surface area contributed by atoms with Gasteiger partial charge in [0.25, 0.3) is 0 Å². The standard InChI is InChI=1S/C24H24F3NO3/c25-24(26,27)22-9-5-4-8-21(22)23-13-12-20(31-23)15-28(17-10-11-17)14-18(29)16-30-19-6-2-1-3-7-19/h1-9,12-13,17-18,29H,10-11,14-16H2. The molecule has 0 aliphatic heterocycles. The van der Waals surface area contributed by atoms with Crippen LogP contribution in [0, 0.1) is 0 Å². The van der Waals surface area contributed by atoms with Gasteiger partial charge in [-0.1, -0.05) is 36.4 Å². The molecule has 0 amide bonds. The molecule has 1 heterocycles. The van der Waals surface area contributed by atoms with E-state index in [1.807, 2.05) is 30.3 Å². The number of hydrogen-bond acceptors (Lipinski definition) is 4. The largest absolute Gasteiger partial charge is 0.491 e. The number of furan rings is 1. The normalized spacial score (nSPS) is 15.3. The third-order valence-corrected chi connectivity index (χ3v) is 5.21. The minimum Gasteiger partial charge on any atom is -0.491 e. The first kappa shape index (κ1) is 21.5. The summed E-state index contributed by atoms with van der Waals surface area (Å²) in [5, 5.41) is 10.4. The van der Waals surface area contributed by atoms with Gasteiger partial charge in [-0.3, -0.25) is 4.90 Å². The quantitative estimate of drug-likeness (QED) is 0.495. The molecule has 1 aliphatic rings. The third kappa shape index (κ3) is 5.68. The SMILES string of the molecule is OC(COc1ccccc1)CN(Cc1ccc(-c2ccccc2C(F)(F)F)o1)C1CC1. The maximum absolute atomic E-state index is 13.3. The van der Waals surface area contributed by atoms with Gasteiger partial charge < -0.3 is 14.3 Å². The first-order chi connectivity index (χ1) is 14.9. The van der Waals surface area contributed by atoms with Crippen LogP contribution in [-0.4, -0.2) is 35.3 Å². The van der Waals surface area contributed by atoms with Gasteiger partial charge in [-0.05, 0) is 43.2 Å². The predicted octanol–water partition coefficient (Wildman–Crippen LogP) is 5.37. The fraction of sp³-hybridized carbons (Fsp3) is 0.333. The number of para-hydroxylation sites is 1. The van der Waals surface area contributed by atoms with E-state index in [4.69, 9.17) is 9.15 Å². The van der Waals surface area contributed by atoms with Gasteiger partial charge in [-0.15, -0.1) is 0 Å². The van der Waals surface area contributed by atoms with Crippen molar-refractivity contribution in [2.45, 2.75) is 37.7 Å². The molecule has 0 spiro atoms. The summed E-state index contributed by atoms with van der Waals surface area (Å²) in [6, 6.07) is 18.3. The van der Waals surface area contributed by atoms with Gasteiger partial charge in [0.05, 0.1) is 12.1 Å². The van der Waals surface area contributed by atoms with Gasteiger partial charge in [0.15, 0.2) is 0 Å². The van der Waals surface area contributed by atoms with E-state index in [0.717, 1.165) is 18.9 Å². The molecular weight excluding hydrogens is 407 g/mol. The zero-order chi connectivity index (χ0) is 21.8.